The molecule has 1 aliphatic heterocycles. The van der Waals surface area contributed by atoms with Crippen molar-refractivity contribution in [2.75, 3.05) is 24.6 Å². The number of hydrogen-bond donors (Lipinski definition) is 1. The van der Waals surface area contributed by atoms with Crippen LogP contribution in [0.25, 0.3) is 0 Å². The van der Waals surface area contributed by atoms with Gasteiger partial charge in [0, 0.05) is 13.1 Å². The van der Waals surface area contributed by atoms with Crippen molar-refractivity contribution in [2.24, 2.45) is 11.1 Å². The Morgan fingerprint density at radius 3 is 2.33 bits per heavy atom. The maximum Gasteiger partial charge on any atom is 0.235 e. The highest BCUT2D eigenvalue weighted by Crippen LogP contribution is 2.43. The van der Waals surface area contributed by atoms with Gasteiger partial charge >= 0.3 is 0 Å². The Bertz CT molecular complexity index is 469. The lowest BCUT2D eigenvalue weighted by atomic mass is 9.67. The Labute approximate surface area is 113 Å². The van der Waals surface area contributed by atoms with E-state index < -0.39 is 15.3 Å². The molecule has 0 bridgehead atoms. The van der Waals surface area contributed by atoms with E-state index in [4.69, 9.17) is 18.0 Å². The number of carbonyl (C=O) groups is 1. The second kappa shape index (κ2) is 4.77. The van der Waals surface area contributed by atoms with Crippen LogP contribution in [0.3, 0.4) is 0 Å². The van der Waals surface area contributed by atoms with Crippen molar-refractivity contribution in [3.8, 4) is 0 Å². The minimum absolute atomic E-state index is 0.0478. The van der Waals surface area contributed by atoms with Gasteiger partial charge in [-0.2, -0.15) is 0 Å². The van der Waals surface area contributed by atoms with Crippen molar-refractivity contribution < 1.29 is 13.2 Å². The number of nitrogens with two attached hydrogens (primary N) is 1. The number of sulfone groups is 1. The average molecular weight is 290 g/mol. The van der Waals surface area contributed by atoms with Crippen LogP contribution in [0.15, 0.2) is 0 Å². The highest BCUT2D eigenvalue weighted by molar-refractivity contribution is 7.91. The largest absolute Gasteiger partial charge is 0.392 e. The Morgan fingerprint density at radius 2 is 1.83 bits per heavy atom. The van der Waals surface area contributed by atoms with E-state index in [0.29, 0.717) is 25.8 Å². The third kappa shape index (κ3) is 2.38. The zero-order valence-corrected chi connectivity index (χ0v) is 11.9. The molecule has 1 saturated heterocycles. The number of rotatable bonds is 2. The van der Waals surface area contributed by atoms with E-state index in [1.54, 1.807) is 4.90 Å². The molecule has 0 unspecified atom stereocenters. The van der Waals surface area contributed by atoms with Gasteiger partial charge < -0.3 is 10.6 Å². The van der Waals surface area contributed by atoms with Crippen LogP contribution in [0.2, 0.25) is 0 Å². The topological polar surface area (TPSA) is 80.5 Å². The van der Waals surface area contributed by atoms with Crippen LogP contribution in [0.4, 0.5) is 0 Å². The Hall–Kier alpha value is -0.690. The molecule has 102 valence electrons. The number of nitrogens with zero attached hydrogens (tertiary/aromatic N) is 1. The summed E-state index contributed by atoms with van der Waals surface area (Å²) < 4.78 is 23.0. The van der Waals surface area contributed by atoms with Gasteiger partial charge in [0.05, 0.1) is 21.9 Å². The molecule has 0 aromatic heterocycles. The number of thiocarbonyl (C=S) groups is 1. The van der Waals surface area contributed by atoms with E-state index in [1.807, 2.05) is 0 Å². The smallest absolute Gasteiger partial charge is 0.235 e. The van der Waals surface area contributed by atoms with Crippen molar-refractivity contribution >= 4 is 33.0 Å². The molecular formula is C11H18N2O3S2. The van der Waals surface area contributed by atoms with Gasteiger partial charge in [-0.1, -0.05) is 18.6 Å². The summed E-state index contributed by atoms with van der Waals surface area (Å²) in [6, 6.07) is 0. The van der Waals surface area contributed by atoms with E-state index in [9.17, 15) is 13.2 Å². The normalized spacial score (nSPS) is 25.9. The van der Waals surface area contributed by atoms with E-state index in [0.717, 1.165) is 6.42 Å². The summed E-state index contributed by atoms with van der Waals surface area (Å²) >= 11 is 5.02. The molecule has 7 heteroatoms. The van der Waals surface area contributed by atoms with Crippen LogP contribution >= 0.6 is 12.2 Å². The van der Waals surface area contributed by atoms with Crippen molar-refractivity contribution in [3.63, 3.8) is 0 Å². The van der Waals surface area contributed by atoms with Gasteiger partial charge in [0.2, 0.25) is 5.91 Å². The quantitative estimate of drug-likeness (QED) is 0.729. The maximum absolute atomic E-state index is 12.5. The zero-order valence-electron chi connectivity index (χ0n) is 10.2. The molecule has 0 radical (unpaired) electrons. The predicted molar refractivity (Wildman–Crippen MR) is 72.9 cm³/mol. The van der Waals surface area contributed by atoms with E-state index >= 15 is 0 Å². The highest BCUT2D eigenvalue weighted by atomic mass is 32.2. The molecule has 0 spiro atoms. The minimum atomic E-state index is -3.00. The first-order valence-electron chi connectivity index (χ1n) is 6.17. The first kappa shape index (κ1) is 13.7. The van der Waals surface area contributed by atoms with Crippen molar-refractivity contribution in [1.82, 2.24) is 4.90 Å². The second-order valence-electron chi connectivity index (χ2n) is 5.10. The monoisotopic (exact) mass is 290 g/mol. The molecule has 0 aromatic rings. The van der Waals surface area contributed by atoms with Gasteiger partial charge in [-0.25, -0.2) is 8.42 Å². The van der Waals surface area contributed by atoms with Crippen LogP contribution in [0, 0.1) is 5.41 Å². The Balaban J connectivity index is 2.12. The van der Waals surface area contributed by atoms with Gasteiger partial charge in [0.15, 0.2) is 9.84 Å². The summed E-state index contributed by atoms with van der Waals surface area (Å²) in [6.45, 7) is 0.758. The lowest BCUT2D eigenvalue weighted by molar-refractivity contribution is -0.141. The summed E-state index contributed by atoms with van der Waals surface area (Å²) in [5.74, 6) is 0.140. The molecule has 2 aliphatic rings. The minimum Gasteiger partial charge on any atom is -0.392 e. The van der Waals surface area contributed by atoms with E-state index in [2.05, 4.69) is 0 Å². The fraction of sp³-hybridized carbons (Fsp3) is 0.818. The van der Waals surface area contributed by atoms with Crippen molar-refractivity contribution in [2.45, 2.75) is 25.7 Å². The van der Waals surface area contributed by atoms with Crippen LogP contribution in [0.1, 0.15) is 25.7 Å². The molecule has 1 heterocycles. The molecule has 2 rings (SSSR count). The first-order chi connectivity index (χ1) is 8.37. The molecule has 18 heavy (non-hydrogen) atoms. The van der Waals surface area contributed by atoms with Crippen LogP contribution in [-0.4, -0.2) is 48.8 Å². The van der Waals surface area contributed by atoms with E-state index in [1.165, 1.54) is 0 Å². The molecule has 0 atom stereocenters. The molecule has 1 saturated carbocycles. The molecule has 1 aliphatic carbocycles. The number of hydrogen-bond acceptors (Lipinski definition) is 4. The van der Waals surface area contributed by atoms with Crippen molar-refractivity contribution in [1.29, 1.82) is 0 Å². The SMILES string of the molecule is NC(=S)C1(C(=O)N2CCCS(=O)(=O)CC2)CCC1. The van der Waals surface area contributed by atoms with Gasteiger partial charge in [-0.15, -0.1) is 0 Å². The summed E-state index contributed by atoms with van der Waals surface area (Å²) in [6.07, 6.45) is 2.85. The standard InChI is InChI=1S/C11H18N2O3S2/c12-9(17)11(3-1-4-11)10(14)13-5-2-7-18(15,16)8-6-13/h1-8H2,(H2,12,17). The number of carbonyl (C=O) groups excluding carboxylic acids is 1. The van der Waals surface area contributed by atoms with Crippen LogP contribution < -0.4 is 5.73 Å². The summed E-state index contributed by atoms with van der Waals surface area (Å²) in [5.41, 5.74) is 5.01. The third-order valence-electron chi connectivity index (χ3n) is 3.93. The molecule has 1 amide bonds. The predicted octanol–water partition coefficient (Wildman–Crippen LogP) is 0.0899. The Morgan fingerprint density at radius 1 is 1.17 bits per heavy atom. The second-order valence-corrected chi connectivity index (χ2v) is 7.84. The number of amides is 1. The molecule has 0 aromatic carbocycles. The maximum atomic E-state index is 12.5. The van der Waals surface area contributed by atoms with Gasteiger partial charge in [-0.05, 0) is 19.3 Å². The summed E-state index contributed by atoms with van der Waals surface area (Å²) in [4.78, 5) is 14.4. The average Bonchev–Trinajstić information content (AvgIpc) is 2.36. The van der Waals surface area contributed by atoms with Gasteiger partial charge in [0.1, 0.15) is 0 Å². The summed E-state index contributed by atoms with van der Waals surface area (Å²) in [5, 5.41) is 0. The zero-order chi connectivity index (χ0) is 13.4. The highest BCUT2D eigenvalue weighted by Gasteiger charge is 2.49. The van der Waals surface area contributed by atoms with Crippen LogP contribution in [-0.2, 0) is 14.6 Å². The fourth-order valence-corrected chi connectivity index (χ4v) is 4.10. The van der Waals surface area contributed by atoms with Gasteiger partial charge in [-0.3, -0.25) is 4.79 Å². The molecule has 2 fully saturated rings. The van der Waals surface area contributed by atoms with Crippen LogP contribution in [0.5, 0.6) is 0 Å². The fourth-order valence-electron chi connectivity index (χ4n) is 2.54. The molecular weight excluding hydrogens is 272 g/mol. The first-order valence-corrected chi connectivity index (χ1v) is 8.40. The lowest BCUT2D eigenvalue weighted by Crippen LogP contribution is -2.54. The third-order valence-corrected chi connectivity index (χ3v) is 6.04. The van der Waals surface area contributed by atoms with Gasteiger partial charge in [0.25, 0.3) is 0 Å². The Kier molecular flexibility index (Phi) is 3.64. The van der Waals surface area contributed by atoms with Crippen molar-refractivity contribution in [3.05, 3.63) is 0 Å². The summed E-state index contributed by atoms with van der Waals surface area (Å²) in [7, 11) is -3.00. The molecule has 5 nitrogen and oxygen atoms in total. The lowest BCUT2D eigenvalue weighted by Gasteiger charge is -2.42. The molecule has 2 N–H and O–H groups in total. The van der Waals surface area contributed by atoms with E-state index in [-0.39, 0.29) is 28.9 Å².